The van der Waals surface area contributed by atoms with Gasteiger partial charge in [0.25, 0.3) is 5.91 Å². The van der Waals surface area contributed by atoms with Crippen molar-refractivity contribution in [3.05, 3.63) is 71.5 Å². The van der Waals surface area contributed by atoms with Gasteiger partial charge in [-0.2, -0.15) is 0 Å². The van der Waals surface area contributed by atoms with E-state index in [1.807, 2.05) is 61.5 Å². The summed E-state index contributed by atoms with van der Waals surface area (Å²) < 4.78 is 8.05. The summed E-state index contributed by atoms with van der Waals surface area (Å²) in [5.74, 6) is 1.00. The van der Waals surface area contributed by atoms with E-state index in [0.717, 1.165) is 34.7 Å². The van der Waals surface area contributed by atoms with E-state index in [1.165, 1.54) is 0 Å². The highest BCUT2D eigenvalue weighted by Crippen LogP contribution is 2.35. The predicted molar refractivity (Wildman–Crippen MR) is 111 cm³/mol. The average molecular weight is 378 g/mol. The largest absolute Gasteiger partial charge is 0.457 e. The molecule has 2 aromatic carbocycles. The molecular formula is C23H26N2O3. The normalized spacial score (nSPS) is 10.8. The van der Waals surface area contributed by atoms with Crippen LogP contribution in [0.2, 0.25) is 0 Å². The third-order valence-electron chi connectivity index (χ3n) is 4.85. The minimum absolute atomic E-state index is 0.0996. The van der Waals surface area contributed by atoms with Crippen LogP contribution in [0, 0.1) is 6.92 Å². The summed E-state index contributed by atoms with van der Waals surface area (Å²) in [4.78, 5) is 12.3. The van der Waals surface area contributed by atoms with Crippen molar-refractivity contribution in [2.75, 3.05) is 6.61 Å². The second-order valence-electron chi connectivity index (χ2n) is 6.67. The van der Waals surface area contributed by atoms with E-state index in [4.69, 9.17) is 10.5 Å². The number of rotatable bonds is 8. The number of primary amides is 1. The van der Waals surface area contributed by atoms with E-state index in [9.17, 15) is 9.90 Å². The first-order valence-corrected chi connectivity index (χ1v) is 9.52. The summed E-state index contributed by atoms with van der Waals surface area (Å²) in [6.45, 7) is 4.71. The molecule has 0 atom stereocenters. The third-order valence-corrected chi connectivity index (χ3v) is 4.85. The molecule has 0 bridgehead atoms. The molecule has 1 aromatic heterocycles. The van der Waals surface area contributed by atoms with Crippen LogP contribution in [-0.4, -0.2) is 22.2 Å². The van der Waals surface area contributed by atoms with Gasteiger partial charge >= 0.3 is 0 Å². The number of hydrogen-bond donors (Lipinski definition) is 2. The van der Waals surface area contributed by atoms with Crippen molar-refractivity contribution in [2.45, 2.75) is 33.2 Å². The standard InChI is InChI=1S/C23H26N2O3/c1-3-20-22(21(23(24)27)16(2)25(20)13-8-14-26)17-9-7-12-19(15-17)28-18-10-5-4-6-11-18/h4-7,9-12,15,26H,3,8,13-14H2,1-2H3,(H2,24,27). The van der Waals surface area contributed by atoms with Crippen molar-refractivity contribution in [2.24, 2.45) is 5.73 Å². The first-order valence-electron chi connectivity index (χ1n) is 9.52. The van der Waals surface area contributed by atoms with Crippen LogP contribution in [-0.2, 0) is 13.0 Å². The fourth-order valence-corrected chi connectivity index (χ4v) is 3.65. The number of nitrogens with two attached hydrogens (primary N) is 1. The Morgan fingerprint density at radius 1 is 1.11 bits per heavy atom. The molecule has 1 heterocycles. The number of aromatic nitrogens is 1. The van der Waals surface area contributed by atoms with Gasteiger partial charge < -0.3 is 20.1 Å². The lowest BCUT2D eigenvalue weighted by atomic mass is 9.98. The Bertz CT molecular complexity index is 961. The first-order chi connectivity index (χ1) is 13.6. The summed E-state index contributed by atoms with van der Waals surface area (Å²) >= 11 is 0. The molecule has 0 radical (unpaired) electrons. The molecule has 5 heteroatoms. The lowest BCUT2D eigenvalue weighted by Gasteiger charge is -2.12. The van der Waals surface area contributed by atoms with E-state index < -0.39 is 5.91 Å². The lowest BCUT2D eigenvalue weighted by molar-refractivity contribution is 0.1000. The molecule has 1 amide bonds. The second kappa shape index (κ2) is 8.76. The quantitative estimate of drug-likeness (QED) is 0.613. The average Bonchev–Trinajstić information content (AvgIpc) is 2.99. The zero-order valence-corrected chi connectivity index (χ0v) is 16.3. The van der Waals surface area contributed by atoms with Crippen LogP contribution in [0.3, 0.4) is 0 Å². The Labute approximate surface area is 165 Å². The molecule has 0 fully saturated rings. The van der Waals surface area contributed by atoms with Gasteiger partial charge in [-0.15, -0.1) is 0 Å². The number of para-hydroxylation sites is 1. The Morgan fingerprint density at radius 3 is 2.46 bits per heavy atom. The van der Waals surface area contributed by atoms with E-state index in [-0.39, 0.29) is 6.61 Å². The van der Waals surface area contributed by atoms with Crippen molar-refractivity contribution < 1.29 is 14.6 Å². The number of ether oxygens (including phenoxy) is 1. The third kappa shape index (κ3) is 3.94. The maximum Gasteiger partial charge on any atom is 0.251 e. The van der Waals surface area contributed by atoms with Crippen molar-refractivity contribution in [1.82, 2.24) is 4.57 Å². The van der Waals surface area contributed by atoms with Crippen LogP contribution in [0.1, 0.15) is 35.1 Å². The highest BCUT2D eigenvalue weighted by molar-refractivity contribution is 6.02. The summed E-state index contributed by atoms with van der Waals surface area (Å²) in [6.07, 6.45) is 1.37. The first kappa shape index (κ1) is 19.7. The van der Waals surface area contributed by atoms with Crippen molar-refractivity contribution >= 4 is 5.91 Å². The lowest BCUT2D eigenvalue weighted by Crippen LogP contribution is -2.13. The Hall–Kier alpha value is -3.05. The van der Waals surface area contributed by atoms with Crippen molar-refractivity contribution in [1.29, 1.82) is 0 Å². The molecule has 0 saturated heterocycles. The van der Waals surface area contributed by atoms with Crippen LogP contribution >= 0.6 is 0 Å². The SMILES string of the molecule is CCc1c(-c2cccc(Oc3ccccc3)c2)c(C(N)=O)c(C)n1CCCO. The van der Waals surface area contributed by atoms with Crippen LogP contribution in [0.5, 0.6) is 11.5 Å². The van der Waals surface area contributed by atoms with Gasteiger partial charge in [-0.1, -0.05) is 37.3 Å². The minimum atomic E-state index is -0.445. The number of carbonyl (C=O) groups is 1. The molecule has 0 aliphatic carbocycles. The molecule has 3 aromatic rings. The highest BCUT2D eigenvalue weighted by atomic mass is 16.5. The smallest absolute Gasteiger partial charge is 0.251 e. The molecular weight excluding hydrogens is 352 g/mol. The molecule has 3 N–H and O–H groups in total. The molecule has 0 spiro atoms. The molecule has 0 aliphatic heterocycles. The van der Waals surface area contributed by atoms with Crippen molar-refractivity contribution in [3.63, 3.8) is 0 Å². The Kier molecular flexibility index (Phi) is 6.16. The topological polar surface area (TPSA) is 77.5 Å². The van der Waals surface area contributed by atoms with E-state index in [2.05, 4.69) is 11.5 Å². The maximum atomic E-state index is 12.3. The van der Waals surface area contributed by atoms with Gasteiger partial charge in [0, 0.05) is 30.1 Å². The van der Waals surface area contributed by atoms with Gasteiger partial charge in [0.15, 0.2) is 0 Å². The Morgan fingerprint density at radius 2 is 1.82 bits per heavy atom. The van der Waals surface area contributed by atoms with Crippen LogP contribution < -0.4 is 10.5 Å². The summed E-state index contributed by atoms with van der Waals surface area (Å²) in [7, 11) is 0. The highest BCUT2D eigenvalue weighted by Gasteiger charge is 2.24. The number of nitrogens with zero attached hydrogens (tertiary/aromatic N) is 1. The van der Waals surface area contributed by atoms with Gasteiger partial charge in [-0.25, -0.2) is 0 Å². The maximum absolute atomic E-state index is 12.3. The number of aliphatic hydroxyl groups excluding tert-OH is 1. The van der Waals surface area contributed by atoms with Gasteiger partial charge in [-0.05, 0) is 49.6 Å². The number of aliphatic hydroxyl groups is 1. The van der Waals surface area contributed by atoms with Crippen LogP contribution in [0.4, 0.5) is 0 Å². The van der Waals surface area contributed by atoms with E-state index >= 15 is 0 Å². The van der Waals surface area contributed by atoms with Crippen molar-refractivity contribution in [3.8, 4) is 22.6 Å². The van der Waals surface area contributed by atoms with Crippen LogP contribution in [0.15, 0.2) is 54.6 Å². The molecule has 0 saturated carbocycles. The minimum Gasteiger partial charge on any atom is -0.457 e. The van der Waals surface area contributed by atoms with Gasteiger partial charge in [0.1, 0.15) is 11.5 Å². The van der Waals surface area contributed by atoms with Crippen LogP contribution in [0.25, 0.3) is 11.1 Å². The van der Waals surface area contributed by atoms with E-state index in [0.29, 0.717) is 24.3 Å². The Balaban J connectivity index is 2.09. The summed E-state index contributed by atoms with van der Waals surface area (Å²) in [5, 5.41) is 9.24. The fourth-order valence-electron chi connectivity index (χ4n) is 3.65. The van der Waals surface area contributed by atoms with E-state index in [1.54, 1.807) is 0 Å². The predicted octanol–water partition coefficient (Wildman–Crippen LogP) is 4.30. The number of hydrogen-bond acceptors (Lipinski definition) is 3. The molecule has 0 unspecified atom stereocenters. The molecule has 0 aliphatic rings. The molecule has 146 valence electrons. The molecule has 3 rings (SSSR count). The fraction of sp³-hybridized carbons (Fsp3) is 0.261. The summed E-state index contributed by atoms with van der Waals surface area (Å²) in [5.41, 5.74) is 9.90. The zero-order valence-electron chi connectivity index (χ0n) is 16.3. The van der Waals surface area contributed by atoms with Gasteiger partial charge in [-0.3, -0.25) is 4.79 Å². The monoisotopic (exact) mass is 378 g/mol. The number of carbonyl (C=O) groups excluding carboxylic acids is 1. The van der Waals surface area contributed by atoms with Gasteiger partial charge in [0.2, 0.25) is 0 Å². The van der Waals surface area contributed by atoms with Gasteiger partial charge in [0.05, 0.1) is 5.56 Å². The zero-order chi connectivity index (χ0) is 20.1. The summed E-state index contributed by atoms with van der Waals surface area (Å²) in [6, 6.07) is 17.3. The number of amides is 1. The second-order valence-corrected chi connectivity index (χ2v) is 6.67. The molecule has 5 nitrogen and oxygen atoms in total. The number of benzene rings is 2. The molecule has 28 heavy (non-hydrogen) atoms.